The molecule has 1 saturated heterocycles. The smallest absolute Gasteiger partial charge is 0.261 e. The summed E-state index contributed by atoms with van der Waals surface area (Å²) in [4.78, 5) is 14.6. The van der Waals surface area contributed by atoms with E-state index in [-0.39, 0.29) is 30.1 Å². The molecule has 0 spiro atoms. The Morgan fingerprint density at radius 3 is 2.61 bits per heavy atom. The first-order chi connectivity index (χ1) is 13.2. The van der Waals surface area contributed by atoms with E-state index in [0.717, 1.165) is 15.6 Å². The standard InChI is InChI=1S/C20H21BrClNO4S/c1-14-9-16(21)10-18(22)20(14)27-12-19(24)23(11-15-5-3-2-4-6-15)17-7-8-28(25,26)13-17/h2-6,9-10,17H,7-8,11-13H2,1H3. The van der Waals surface area contributed by atoms with E-state index in [1.807, 2.05) is 43.3 Å². The number of hydrogen-bond donors (Lipinski definition) is 0. The molecule has 1 unspecified atom stereocenters. The molecule has 8 heteroatoms. The van der Waals surface area contributed by atoms with Gasteiger partial charge in [-0.2, -0.15) is 0 Å². The number of amides is 1. The van der Waals surface area contributed by atoms with Crippen molar-refractivity contribution in [3.63, 3.8) is 0 Å². The van der Waals surface area contributed by atoms with Gasteiger partial charge in [-0.05, 0) is 36.6 Å². The zero-order valence-electron chi connectivity index (χ0n) is 15.4. The highest BCUT2D eigenvalue weighted by Crippen LogP contribution is 2.32. The van der Waals surface area contributed by atoms with Crippen molar-refractivity contribution in [2.75, 3.05) is 18.1 Å². The lowest BCUT2D eigenvalue weighted by Crippen LogP contribution is -2.43. The molecule has 1 atom stereocenters. The summed E-state index contributed by atoms with van der Waals surface area (Å²) >= 11 is 9.60. The van der Waals surface area contributed by atoms with Crippen LogP contribution in [0.25, 0.3) is 0 Å². The number of nitrogens with zero attached hydrogens (tertiary/aromatic N) is 1. The van der Waals surface area contributed by atoms with Gasteiger partial charge in [-0.1, -0.05) is 57.9 Å². The lowest BCUT2D eigenvalue weighted by Gasteiger charge is -2.28. The molecular weight excluding hydrogens is 466 g/mol. The predicted molar refractivity (Wildman–Crippen MR) is 113 cm³/mol. The van der Waals surface area contributed by atoms with Gasteiger partial charge >= 0.3 is 0 Å². The second-order valence-electron chi connectivity index (χ2n) is 6.89. The second kappa shape index (κ2) is 8.84. The van der Waals surface area contributed by atoms with Gasteiger partial charge in [0.2, 0.25) is 0 Å². The maximum absolute atomic E-state index is 13.0. The zero-order chi connectivity index (χ0) is 20.3. The van der Waals surface area contributed by atoms with Crippen molar-refractivity contribution in [2.45, 2.75) is 25.9 Å². The fraction of sp³-hybridized carbons (Fsp3) is 0.350. The van der Waals surface area contributed by atoms with Crippen molar-refractivity contribution in [3.05, 3.63) is 63.1 Å². The van der Waals surface area contributed by atoms with Crippen LogP contribution in [0.1, 0.15) is 17.5 Å². The summed E-state index contributed by atoms with van der Waals surface area (Å²) in [6.07, 6.45) is 0.443. The van der Waals surface area contributed by atoms with Gasteiger partial charge in [0.1, 0.15) is 5.75 Å². The van der Waals surface area contributed by atoms with Gasteiger partial charge in [-0.3, -0.25) is 4.79 Å². The normalized spacial score (nSPS) is 18.0. The van der Waals surface area contributed by atoms with Crippen LogP contribution in [0.3, 0.4) is 0 Å². The first-order valence-corrected chi connectivity index (χ1v) is 11.9. The molecule has 1 amide bonds. The number of hydrogen-bond acceptors (Lipinski definition) is 4. The molecule has 0 bridgehead atoms. The van der Waals surface area contributed by atoms with Crippen LogP contribution in [-0.4, -0.2) is 43.4 Å². The highest BCUT2D eigenvalue weighted by molar-refractivity contribution is 9.10. The van der Waals surface area contributed by atoms with Crippen LogP contribution in [0.4, 0.5) is 0 Å². The Bertz CT molecular complexity index is 942. The number of carbonyl (C=O) groups excluding carboxylic acids is 1. The molecule has 2 aromatic rings. The van der Waals surface area contributed by atoms with Crippen molar-refractivity contribution in [1.29, 1.82) is 0 Å². The van der Waals surface area contributed by atoms with Crippen molar-refractivity contribution in [2.24, 2.45) is 0 Å². The molecule has 0 saturated carbocycles. The summed E-state index contributed by atoms with van der Waals surface area (Å²) in [7, 11) is -3.11. The molecule has 5 nitrogen and oxygen atoms in total. The Morgan fingerprint density at radius 1 is 1.29 bits per heavy atom. The SMILES string of the molecule is Cc1cc(Br)cc(Cl)c1OCC(=O)N(Cc1ccccc1)C1CCS(=O)(=O)C1. The minimum absolute atomic E-state index is 0.0103. The first kappa shape index (κ1) is 21.1. The molecule has 28 heavy (non-hydrogen) atoms. The van der Waals surface area contributed by atoms with Crippen molar-refractivity contribution < 1.29 is 17.9 Å². The number of aryl methyl sites for hydroxylation is 1. The van der Waals surface area contributed by atoms with E-state index in [2.05, 4.69) is 15.9 Å². The van der Waals surface area contributed by atoms with Crippen molar-refractivity contribution >= 4 is 43.3 Å². The van der Waals surface area contributed by atoms with Gasteiger partial charge in [-0.25, -0.2) is 8.42 Å². The van der Waals surface area contributed by atoms with Crippen LogP contribution in [0.2, 0.25) is 5.02 Å². The summed E-state index contributed by atoms with van der Waals surface area (Å²) < 4.78 is 30.4. The number of carbonyl (C=O) groups is 1. The minimum atomic E-state index is -3.11. The second-order valence-corrected chi connectivity index (χ2v) is 10.4. The predicted octanol–water partition coefficient (Wildman–Crippen LogP) is 4.01. The highest BCUT2D eigenvalue weighted by Gasteiger charge is 2.34. The molecule has 150 valence electrons. The van der Waals surface area contributed by atoms with Crippen LogP contribution in [0.5, 0.6) is 5.75 Å². The van der Waals surface area contributed by atoms with Gasteiger partial charge < -0.3 is 9.64 Å². The van der Waals surface area contributed by atoms with E-state index >= 15 is 0 Å². The van der Waals surface area contributed by atoms with Gasteiger partial charge in [0, 0.05) is 17.1 Å². The molecule has 0 aliphatic carbocycles. The Hall–Kier alpha value is -1.57. The number of rotatable bonds is 6. The Labute approximate surface area is 178 Å². The number of ether oxygens (including phenoxy) is 1. The van der Waals surface area contributed by atoms with Crippen LogP contribution in [-0.2, 0) is 21.2 Å². The average Bonchev–Trinajstić information content (AvgIpc) is 2.99. The largest absolute Gasteiger partial charge is 0.482 e. The minimum Gasteiger partial charge on any atom is -0.482 e. The van der Waals surface area contributed by atoms with Crippen LogP contribution < -0.4 is 4.74 Å². The van der Waals surface area contributed by atoms with Gasteiger partial charge in [0.25, 0.3) is 5.91 Å². The Morgan fingerprint density at radius 2 is 2.00 bits per heavy atom. The van der Waals surface area contributed by atoms with E-state index in [1.165, 1.54) is 0 Å². The maximum atomic E-state index is 13.0. The molecule has 1 aliphatic rings. The molecular formula is C20H21BrClNO4S. The summed E-state index contributed by atoms with van der Waals surface area (Å²) in [5.74, 6) is 0.291. The molecule has 3 rings (SSSR count). The zero-order valence-corrected chi connectivity index (χ0v) is 18.6. The summed E-state index contributed by atoms with van der Waals surface area (Å²) in [5, 5.41) is 0.415. The highest BCUT2D eigenvalue weighted by atomic mass is 79.9. The Kier molecular flexibility index (Phi) is 6.68. The summed E-state index contributed by atoms with van der Waals surface area (Å²) in [6, 6.07) is 12.7. The molecule has 0 radical (unpaired) electrons. The summed E-state index contributed by atoms with van der Waals surface area (Å²) in [5.41, 5.74) is 1.75. The quantitative estimate of drug-likeness (QED) is 0.619. The topological polar surface area (TPSA) is 63.7 Å². The fourth-order valence-electron chi connectivity index (χ4n) is 3.31. The molecule has 1 aliphatic heterocycles. The third kappa shape index (κ3) is 5.27. The molecule has 1 heterocycles. The Balaban J connectivity index is 1.77. The van der Waals surface area contributed by atoms with Crippen LogP contribution in [0.15, 0.2) is 46.9 Å². The first-order valence-electron chi connectivity index (χ1n) is 8.87. The van der Waals surface area contributed by atoms with E-state index in [1.54, 1.807) is 11.0 Å². The monoisotopic (exact) mass is 485 g/mol. The number of sulfone groups is 1. The average molecular weight is 487 g/mol. The lowest BCUT2D eigenvalue weighted by atomic mass is 10.1. The summed E-state index contributed by atoms with van der Waals surface area (Å²) in [6.45, 7) is 1.99. The van der Waals surface area contributed by atoms with Gasteiger partial charge in [0.15, 0.2) is 16.4 Å². The molecule has 2 aromatic carbocycles. The number of benzene rings is 2. The van der Waals surface area contributed by atoms with Gasteiger partial charge in [-0.15, -0.1) is 0 Å². The van der Waals surface area contributed by atoms with Crippen molar-refractivity contribution in [1.82, 2.24) is 4.90 Å². The maximum Gasteiger partial charge on any atom is 0.261 e. The molecule has 0 aromatic heterocycles. The number of halogens is 2. The van der Waals surface area contributed by atoms with Crippen LogP contribution in [0, 0.1) is 6.92 Å². The van der Waals surface area contributed by atoms with E-state index < -0.39 is 9.84 Å². The van der Waals surface area contributed by atoms with E-state index in [0.29, 0.717) is 23.7 Å². The third-order valence-electron chi connectivity index (χ3n) is 4.70. The third-order valence-corrected chi connectivity index (χ3v) is 7.19. The van der Waals surface area contributed by atoms with Crippen LogP contribution >= 0.6 is 27.5 Å². The van der Waals surface area contributed by atoms with E-state index in [4.69, 9.17) is 16.3 Å². The van der Waals surface area contributed by atoms with Gasteiger partial charge in [0.05, 0.1) is 16.5 Å². The molecule has 1 fully saturated rings. The van der Waals surface area contributed by atoms with Crippen molar-refractivity contribution in [3.8, 4) is 5.75 Å². The van der Waals surface area contributed by atoms with E-state index in [9.17, 15) is 13.2 Å². The fourth-order valence-corrected chi connectivity index (χ4v) is 6.07. The lowest BCUT2D eigenvalue weighted by molar-refractivity contribution is -0.136. The molecule has 0 N–H and O–H groups in total.